The molecule has 2 rings (SSSR count). The number of halogens is 1. The Hall–Kier alpha value is -0.640. The highest BCUT2D eigenvalue weighted by Crippen LogP contribution is 2.32. The summed E-state index contributed by atoms with van der Waals surface area (Å²) in [5, 5.41) is 2.84. The summed E-state index contributed by atoms with van der Waals surface area (Å²) in [4.78, 5) is 0. The van der Waals surface area contributed by atoms with E-state index in [-0.39, 0.29) is 0 Å². The van der Waals surface area contributed by atoms with Crippen LogP contribution in [0.3, 0.4) is 0 Å². The summed E-state index contributed by atoms with van der Waals surface area (Å²) in [5.74, 6) is 0. The minimum atomic E-state index is 0.352. The van der Waals surface area contributed by atoms with E-state index in [1.807, 2.05) is 24.3 Å². The third kappa shape index (κ3) is 2.08. The lowest BCUT2D eigenvalue weighted by Crippen LogP contribution is -2.02. The predicted octanol–water partition coefficient (Wildman–Crippen LogP) is 5.18. The molecule has 0 aliphatic heterocycles. The van der Waals surface area contributed by atoms with E-state index in [9.17, 15) is 0 Å². The Kier molecular flexibility index (Phi) is 3.47. The van der Waals surface area contributed by atoms with Crippen LogP contribution >= 0.6 is 35.2 Å². The van der Waals surface area contributed by atoms with E-state index in [1.165, 1.54) is 0 Å². The van der Waals surface area contributed by atoms with Crippen molar-refractivity contribution in [1.82, 2.24) is 4.57 Å². The van der Waals surface area contributed by atoms with Gasteiger partial charge in [0.25, 0.3) is 0 Å². The smallest absolute Gasteiger partial charge is 0.161 e. The van der Waals surface area contributed by atoms with Crippen LogP contribution < -0.4 is 0 Å². The van der Waals surface area contributed by atoms with Crippen LogP contribution in [0.2, 0.25) is 5.02 Å². The van der Waals surface area contributed by atoms with Gasteiger partial charge in [-0.15, -0.1) is 11.3 Å². The fourth-order valence-corrected chi connectivity index (χ4v) is 3.23. The second kappa shape index (κ2) is 4.70. The largest absolute Gasteiger partial charge is 0.320 e. The van der Waals surface area contributed by atoms with Crippen molar-refractivity contribution < 1.29 is 0 Å². The van der Waals surface area contributed by atoms with Crippen molar-refractivity contribution in [2.24, 2.45) is 0 Å². The van der Waals surface area contributed by atoms with Crippen molar-refractivity contribution in [2.45, 2.75) is 19.9 Å². The molecule has 0 radical (unpaired) electrons. The summed E-state index contributed by atoms with van der Waals surface area (Å²) in [7, 11) is 0. The number of benzene rings is 1. The van der Waals surface area contributed by atoms with Gasteiger partial charge in [-0.1, -0.05) is 29.8 Å². The van der Waals surface area contributed by atoms with E-state index < -0.39 is 0 Å². The molecule has 0 saturated carbocycles. The first-order valence-electron chi connectivity index (χ1n) is 5.06. The van der Waals surface area contributed by atoms with Crippen molar-refractivity contribution in [3.63, 3.8) is 0 Å². The molecule has 0 spiro atoms. The normalized spacial score (nSPS) is 11.0. The van der Waals surface area contributed by atoms with Crippen LogP contribution in [0, 0.1) is 3.95 Å². The van der Waals surface area contributed by atoms with Crippen LogP contribution in [0.1, 0.15) is 19.9 Å². The van der Waals surface area contributed by atoms with Gasteiger partial charge in [-0.25, -0.2) is 0 Å². The minimum Gasteiger partial charge on any atom is -0.320 e. The topological polar surface area (TPSA) is 4.93 Å². The highest BCUT2D eigenvalue weighted by atomic mass is 35.5. The maximum absolute atomic E-state index is 6.20. The Morgan fingerprint density at radius 2 is 2.00 bits per heavy atom. The number of hydrogen-bond donors (Lipinski definition) is 0. The van der Waals surface area contributed by atoms with Gasteiger partial charge in [-0.05, 0) is 32.1 Å². The van der Waals surface area contributed by atoms with Crippen LogP contribution in [0.5, 0.6) is 0 Å². The first-order valence-corrected chi connectivity index (χ1v) is 6.72. The minimum absolute atomic E-state index is 0.352. The second-order valence-electron chi connectivity index (χ2n) is 3.83. The standard InChI is InChI=1S/C12H12ClNS2/c1-8(2)14-11(7-16-12(14)15)9-5-3-4-6-10(9)13/h3-8H,1-2H3. The zero-order valence-electron chi connectivity index (χ0n) is 9.11. The van der Waals surface area contributed by atoms with Gasteiger partial charge in [0.2, 0.25) is 0 Å². The molecular weight excluding hydrogens is 258 g/mol. The molecule has 1 nitrogen and oxygen atoms in total. The van der Waals surface area contributed by atoms with Crippen LogP contribution in [0.25, 0.3) is 11.3 Å². The Balaban J connectivity index is 2.66. The molecule has 1 aromatic heterocycles. The van der Waals surface area contributed by atoms with Gasteiger partial charge in [0, 0.05) is 22.0 Å². The van der Waals surface area contributed by atoms with E-state index >= 15 is 0 Å². The van der Waals surface area contributed by atoms with E-state index in [1.54, 1.807) is 11.3 Å². The van der Waals surface area contributed by atoms with E-state index in [0.29, 0.717) is 6.04 Å². The molecule has 4 heteroatoms. The van der Waals surface area contributed by atoms with Crippen molar-refractivity contribution in [1.29, 1.82) is 0 Å². The lowest BCUT2D eigenvalue weighted by Gasteiger charge is -2.13. The van der Waals surface area contributed by atoms with Crippen LogP contribution in [0.4, 0.5) is 0 Å². The first-order chi connectivity index (χ1) is 7.61. The van der Waals surface area contributed by atoms with Crippen LogP contribution in [0.15, 0.2) is 29.6 Å². The Morgan fingerprint density at radius 1 is 1.31 bits per heavy atom. The van der Waals surface area contributed by atoms with Gasteiger partial charge in [0.1, 0.15) is 0 Å². The number of hydrogen-bond acceptors (Lipinski definition) is 2. The zero-order chi connectivity index (χ0) is 11.7. The third-order valence-electron chi connectivity index (χ3n) is 2.39. The fourth-order valence-electron chi connectivity index (χ4n) is 1.67. The lowest BCUT2D eigenvalue weighted by atomic mass is 10.1. The van der Waals surface area contributed by atoms with Gasteiger partial charge in [-0.3, -0.25) is 0 Å². The van der Waals surface area contributed by atoms with Gasteiger partial charge >= 0.3 is 0 Å². The molecule has 0 N–H and O–H groups in total. The summed E-state index contributed by atoms with van der Waals surface area (Å²) in [6, 6.07) is 8.21. The molecule has 84 valence electrons. The SMILES string of the molecule is CC(C)n1c(-c2ccccc2Cl)csc1=S. The fraction of sp³-hybridized carbons (Fsp3) is 0.250. The summed E-state index contributed by atoms with van der Waals surface area (Å²) in [6.45, 7) is 4.26. The quantitative estimate of drug-likeness (QED) is 0.680. The summed E-state index contributed by atoms with van der Waals surface area (Å²) >= 11 is 13.1. The maximum Gasteiger partial charge on any atom is 0.161 e. The molecule has 16 heavy (non-hydrogen) atoms. The molecule has 0 unspecified atom stereocenters. The summed E-state index contributed by atoms with van der Waals surface area (Å²) in [5.41, 5.74) is 2.15. The van der Waals surface area contributed by atoms with Gasteiger partial charge in [0.05, 0.1) is 5.69 Å². The summed E-state index contributed by atoms with van der Waals surface area (Å²) < 4.78 is 3.03. The molecule has 0 amide bonds. The highest BCUT2D eigenvalue weighted by molar-refractivity contribution is 7.73. The Bertz CT molecular complexity index is 554. The van der Waals surface area contributed by atoms with Gasteiger partial charge in [-0.2, -0.15) is 0 Å². The number of aromatic nitrogens is 1. The zero-order valence-corrected chi connectivity index (χ0v) is 11.5. The van der Waals surface area contributed by atoms with Crippen molar-refractivity contribution in [2.75, 3.05) is 0 Å². The maximum atomic E-state index is 6.20. The number of thiazole rings is 1. The number of nitrogens with zero attached hydrogens (tertiary/aromatic N) is 1. The molecular formula is C12H12ClNS2. The number of rotatable bonds is 2. The molecule has 2 aromatic rings. The highest BCUT2D eigenvalue weighted by Gasteiger charge is 2.11. The van der Waals surface area contributed by atoms with Crippen molar-refractivity contribution in [3.8, 4) is 11.3 Å². The van der Waals surface area contributed by atoms with Crippen LogP contribution in [-0.4, -0.2) is 4.57 Å². The van der Waals surface area contributed by atoms with Crippen LogP contribution in [-0.2, 0) is 0 Å². The second-order valence-corrected chi connectivity index (χ2v) is 5.74. The van der Waals surface area contributed by atoms with E-state index in [0.717, 1.165) is 20.2 Å². The lowest BCUT2D eigenvalue weighted by molar-refractivity contribution is 0.606. The molecule has 0 saturated heterocycles. The van der Waals surface area contributed by atoms with Crippen molar-refractivity contribution >= 4 is 35.2 Å². The Morgan fingerprint density at radius 3 is 2.62 bits per heavy atom. The monoisotopic (exact) mass is 269 g/mol. The predicted molar refractivity (Wildman–Crippen MR) is 74.0 cm³/mol. The molecule has 0 aliphatic carbocycles. The molecule has 0 fully saturated rings. The van der Waals surface area contributed by atoms with Gasteiger partial charge < -0.3 is 4.57 Å². The van der Waals surface area contributed by atoms with Crippen molar-refractivity contribution in [3.05, 3.63) is 38.6 Å². The first kappa shape index (κ1) is 11.8. The average molecular weight is 270 g/mol. The molecule has 1 heterocycles. The Labute approximate surface area is 109 Å². The molecule has 1 aromatic carbocycles. The van der Waals surface area contributed by atoms with E-state index in [4.69, 9.17) is 23.8 Å². The summed E-state index contributed by atoms with van der Waals surface area (Å²) in [6.07, 6.45) is 0. The third-order valence-corrected chi connectivity index (χ3v) is 3.95. The molecule has 0 aliphatic rings. The van der Waals surface area contributed by atoms with Gasteiger partial charge in [0.15, 0.2) is 3.95 Å². The van der Waals surface area contributed by atoms with E-state index in [2.05, 4.69) is 23.8 Å². The average Bonchev–Trinajstić information content (AvgIpc) is 2.61. The molecule has 0 bridgehead atoms. The molecule has 0 atom stereocenters.